The largest absolute Gasteiger partial charge is 0.340 e. The lowest BCUT2D eigenvalue weighted by Crippen LogP contribution is -2.48. The van der Waals surface area contributed by atoms with Gasteiger partial charge >= 0.3 is 0 Å². The average Bonchev–Trinajstić information content (AvgIpc) is 3.16. The zero-order valence-corrected chi connectivity index (χ0v) is 16.6. The third-order valence-electron chi connectivity index (χ3n) is 6.18. The van der Waals surface area contributed by atoms with Gasteiger partial charge in [-0.3, -0.25) is 4.79 Å². The summed E-state index contributed by atoms with van der Waals surface area (Å²) in [7, 11) is 0. The third-order valence-corrected chi connectivity index (χ3v) is 6.18. The Morgan fingerprint density at radius 2 is 1.86 bits per heavy atom. The molecule has 150 valence electrons. The van der Waals surface area contributed by atoms with Crippen LogP contribution >= 0.6 is 0 Å². The van der Waals surface area contributed by atoms with Gasteiger partial charge in [0.05, 0.1) is 0 Å². The molecule has 1 aromatic carbocycles. The molecule has 28 heavy (non-hydrogen) atoms. The van der Waals surface area contributed by atoms with E-state index in [9.17, 15) is 9.18 Å². The van der Waals surface area contributed by atoms with Crippen molar-refractivity contribution in [3.8, 4) is 0 Å². The quantitative estimate of drug-likeness (QED) is 0.796. The van der Waals surface area contributed by atoms with Crippen LogP contribution in [-0.2, 0) is 17.8 Å². The molecule has 0 aliphatic carbocycles. The van der Waals surface area contributed by atoms with Crippen molar-refractivity contribution >= 4 is 5.91 Å². The maximum atomic E-state index is 13.5. The van der Waals surface area contributed by atoms with Gasteiger partial charge in [0.1, 0.15) is 11.6 Å². The first kappa shape index (κ1) is 19.1. The first-order valence-electron chi connectivity index (χ1n) is 10.5. The molecular formula is C22H29FN4O. The number of fused-ring (bicyclic) bond motifs is 1. The number of halogens is 1. The molecular weight excluding hydrogens is 355 g/mol. The summed E-state index contributed by atoms with van der Waals surface area (Å²) in [6.45, 7) is 7.58. The standard InChI is InChI=1S/C22H29FN4O/c1-2-25-11-13-26(14-12-25)22(28)15-19(17-6-8-18(23)9-7-17)20-16-24-21-5-3-4-10-27(20)21/h6-9,16,19H,2-5,10-15H2,1H3. The van der Waals surface area contributed by atoms with Crippen molar-refractivity contribution in [2.75, 3.05) is 32.7 Å². The van der Waals surface area contributed by atoms with E-state index >= 15 is 0 Å². The van der Waals surface area contributed by atoms with Crippen molar-refractivity contribution in [1.82, 2.24) is 19.4 Å². The SMILES string of the molecule is CCN1CCN(C(=O)CC(c2ccc(F)cc2)c2cnc3n2CCCC3)CC1. The molecule has 2 aliphatic heterocycles. The van der Waals surface area contributed by atoms with E-state index < -0.39 is 0 Å². The second-order valence-corrected chi connectivity index (χ2v) is 7.83. The second kappa shape index (κ2) is 8.43. The van der Waals surface area contributed by atoms with Gasteiger partial charge in [0.25, 0.3) is 0 Å². The van der Waals surface area contributed by atoms with Crippen molar-refractivity contribution in [3.05, 3.63) is 53.4 Å². The predicted molar refractivity (Wildman–Crippen MR) is 107 cm³/mol. The van der Waals surface area contributed by atoms with E-state index in [1.165, 1.54) is 12.1 Å². The Kier molecular flexibility index (Phi) is 5.76. The molecule has 2 aliphatic rings. The van der Waals surface area contributed by atoms with E-state index in [0.29, 0.717) is 6.42 Å². The molecule has 1 atom stereocenters. The number of likely N-dealkylation sites (N-methyl/N-ethyl adjacent to an activating group) is 1. The minimum atomic E-state index is -0.250. The summed E-state index contributed by atoms with van der Waals surface area (Å²) < 4.78 is 15.8. The number of imidazole rings is 1. The van der Waals surface area contributed by atoms with Gasteiger partial charge in [-0.2, -0.15) is 0 Å². The van der Waals surface area contributed by atoms with Crippen LogP contribution in [0.25, 0.3) is 0 Å². The molecule has 0 N–H and O–H groups in total. The Hall–Kier alpha value is -2.21. The van der Waals surface area contributed by atoms with Gasteiger partial charge in [-0.15, -0.1) is 0 Å². The number of benzene rings is 1. The summed E-state index contributed by atoms with van der Waals surface area (Å²) in [5, 5.41) is 0. The highest BCUT2D eigenvalue weighted by Crippen LogP contribution is 2.31. The molecule has 1 saturated heterocycles. The van der Waals surface area contributed by atoms with Crippen LogP contribution in [0.15, 0.2) is 30.5 Å². The molecule has 0 saturated carbocycles. The number of hydrogen-bond donors (Lipinski definition) is 0. The van der Waals surface area contributed by atoms with Crippen LogP contribution in [0, 0.1) is 5.82 Å². The average molecular weight is 384 g/mol. The monoisotopic (exact) mass is 384 g/mol. The van der Waals surface area contributed by atoms with E-state index in [-0.39, 0.29) is 17.6 Å². The van der Waals surface area contributed by atoms with Crippen LogP contribution in [0.2, 0.25) is 0 Å². The molecule has 4 rings (SSSR count). The highest BCUT2D eigenvalue weighted by molar-refractivity contribution is 5.77. The number of rotatable bonds is 5. The normalized spacial score (nSPS) is 18.7. The molecule has 1 unspecified atom stereocenters. The van der Waals surface area contributed by atoms with Crippen molar-refractivity contribution in [2.24, 2.45) is 0 Å². The summed E-state index contributed by atoms with van der Waals surface area (Å²) in [4.78, 5) is 22.1. The molecule has 0 radical (unpaired) electrons. The fourth-order valence-electron chi connectivity index (χ4n) is 4.42. The van der Waals surface area contributed by atoms with Crippen molar-refractivity contribution in [3.63, 3.8) is 0 Å². The number of amides is 1. The van der Waals surface area contributed by atoms with Gasteiger partial charge in [0.2, 0.25) is 5.91 Å². The van der Waals surface area contributed by atoms with E-state index in [1.807, 2.05) is 23.2 Å². The Morgan fingerprint density at radius 3 is 2.57 bits per heavy atom. The number of aryl methyl sites for hydroxylation is 1. The first-order chi connectivity index (χ1) is 13.7. The van der Waals surface area contributed by atoms with Crippen molar-refractivity contribution in [1.29, 1.82) is 0 Å². The van der Waals surface area contributed by atoms with Gasteiger partial charge in [-0.25, -0.2) is 9.37 Å². The summed E-state index contributed by atoms with van der Waals surface area (Å²) in [5.41, 5.74) is 2.07. The summed E-state index contributed by atoms with van der Waals surface area (Å²) >= 11 is 0. The molecule has 1 aromatic heterocycles. The highest BCUT2D eigenvalue weighted by atomic mass is 19.1. The molecule has 2 aromatic rings. The minimum Gasteiger partial charge on any atom is -0.340 e. The van der Waals surface area contributed by atoms with E-state index in [2.05, 4.69) is 21.4 Å². The van der Waals surface area contributed by atoms with E-state index in [0.717, 1.165) is 75.6 Å². The van der Waals surface area contributed by atoms with Crippen LogP contribution in [0.1, 0.15) is 49.2 Å². The molecule has 1 amide bonds. The number of aromatic nitrogens is 2. The Bertz CT molecular complexity index is 808. The Balaban J connectivity index is 1.58. The summed E-state index contributed by atoms with van der Waals surface area (Å²) in [5.74, 6) is 0.949. The zero-order chi connectivity index (χ0) is 19.5. The fourth-order valence-corrected chi connectivity index (χ4v) is 4.42. The maximum absolute atomic E-state index is 13.5. The smallest absolute Gasteiger partial charge is 0.223 e. The zero-order valence-electron chi connectivity index (χ0n) is 16.6. The minimum absolute atomic E-state index is 0.0864. The van der Waals surface area contributed by atoms with E-state index in [1.54, 1.807) is 0 Å². The lowest BCUT2D eigenvalue weighted by molar-refractivity contribution is -0.133. The van der Waals surface area contributed by atoms with Gasteiger partial charge in [0.15, 0.2) is 0 Å². The van der Waals surface area contributed by atoms with Crippen molar-refractivity contribution < 1.29 is 9.18 Å². The van der Waals surface area contributed by atoms with Crippen LogP contribution < -0.4 is 0 Å². The van der Waals surface area contributed by atoms with Crippen LogP contribution in [0.5, 0.6) is 0 Å². The Labute approximate surface area is 166 Å². The van der Waals surface area contributed by atoms with Crippen LogP contribution in [0.3, 0.4) is 0 Å². The van der Waals surface area contributed by atoms with Crippen molar-refractivity contribution in [2.45, 2.75) is 45.1 Å². The molecule has 0 spiro atoms. The molecule has 1 fully saturated rings. The number of nitrogens with zero attached hydrogens (tertiary/aromatic N) is 4. The topological polar surface area (TPSA) is 41.4 Å². The second-order valence-electron chi connectivity index (χ2n) is 7.83. The molecule has 3 heterocycles. The van der Waals surface area contributed by atoms with Gasteiger partial charge < -0.3 is 14.4 Å². The third kappa shape index (κ3) is 3.97. The molecule has 0 bridgehead atoms. The number of carbonyl (C=O) groups excluding carboxylic acids is 1. The van der Waals surface area contributed by atoms with Gasteiger partial charge in [-0.1, -0.05) is 19.1 Å². The lowest BCUT2D eigenvalue weighted by Gasteiger charge is -2.35. The molecule has 5 nitrogen and oxygen atoms in total. The number of piperazine rings is 1. The number of carbonyl (C=O) groups is 1. The fraction of sp³-hybridized carbons (Fsp3) is 0.545. The predicted octanol–water partition coefficient (Wildman–Crippen LogP) is 3.04. The van der Waals surface area contributed by atoms with E-state index in [4.69, 9.17) is 0 Å². The Morgan fingerprint density at radius 1 is 1.11 bits per heavy atom. The van der Waals surface area contributed by atoms with Gasteiger partial charge in [0, 0.05) is 63.4 Å². The first-order valence-corrected chi connectivity index (χ1v) is 10.5. The summed E-state index contributed by atoms with van der Waals surface area (Å²) in [6.07, 6.45) is 5.63. The van der Waals surface area contributed by atoms with Crippen LogP contribution in [-0.4, -0.2) is 58.0 Å². The maximum Gasteiger partial charge on any atom is 0.223 e. The highest BCUT2D eigenvalue weighted by Gasteiger charge is 2.28. The summed E-state index contributed by atoms with van der Waals surface area (Å²) in [6, 6.07) is 6.59. The molecule has 6 heteroatoms. The number of hydrogen-bond acceptors (Lipinski definition) is 3. The van der Waals surface area contributed by atoms with Gasteiger partial charge in [-0.05, 0) is 37.1 Å². The van der Waals surface area contributed by atoms with Crippen LogP contribution in [0.4, 0.5) is 4.39 Å². The lowest BCUT2D eigenvalue weighted by atomic mass is 9.91.